The van der Waals surface area contributed by atoms with Crippen LogP contribution in [-0.2, 0) is 30.2 Å². The number of carbonyl (C=O) groups is 2. The van der Waals surface area contributed by atoms with Crippen LogP contribution in [0.5, 0.6) is 11.5 Å². The molecule has 3 atom stereocenters. The Morgan fingerprint density at radius 2 is 1.60 bits per heavy atom. The molecule has 294 valence electrons. The van der Waals surface area contributed by atoms with Crippen molar-refractivity contribution in [3.8, 4) is 11.5 Å². The lowest BCUT2D eigenvalue weighted by Crippen LogP contribution is -2.39. The molecule has 2 aromatic heterocycles. The number of imidazole rings is 1. The van der Waals surface area contributed by atoms with E-state index in [1.165, 1.54) is 50.9 Å². The summed E-state index contributed by atoms with van der Waals surface area (Å²) < 4.78 is 39.1. The van der Waals surface area contributed by atoms with Crippen LogP contribution in [-0.4, -0.2) is 55.6 Å². The molecular formula is C39H61N6O7P. The molecule has 0 saturated heterocycles. The number of hydrogen-bond acceptors (Lipinski definition) is 11. The van der Waals surface area contributed by atoms with Crippen molar-refractivity contribution in [2.45, 2.75) is 149 Å². The third-order valence-corrected chi connectivity index (χ3v) is 10.0. The summed E-state index contributed by atoms with van der Waals surface area (Å²) in [7, 11) is -3.90. The molecule has 3 rings (SSSR count). The number of aromatic nitrogens is 4. The number of nitrogens with one attached hydrogen (secondary N) is 1. The molecule has 0 saturated carbocycles. The predicted molar refractivity (Wildman–Crippen MR) is 209 cm³/mol. The molecule has 53 heavy (non-hydrogen) atoms. The van der Waals surface area contributed by atoms with Crippen molar-refractivity contribution in [3.63, 3.8) is 0 Å². The highest BCUT2D eigenvalue weighted by atomic mass is 31.2. The van der Waals surface area contributed by atoms with Crippen LogP contribution in [0.3, 0.4) is 0 Å². The molecular weight excluding hydrogens is 695 g/mol. The predicted octanol–water partition coefficient (Wildman–Crippen LogP) is 8.92. The van der Waals surface area contributed by atoms with Crippen LogP contribution >= 0.6 is 7.52 Å². The van der Waals surface area contributed by atoms with E-state index in [0.29, 0.717) is 24.1 Å². The zero-order chi connectivity index (χ0) is 38.7. The number of fused-ring (bicyclic) bond motifs is 1. The van der Waals surface area contributed by atoms with Gasteiger partial charge in [-0.3, -0.25) is 14.2 Å². The zero-order valence-electron chi connectivity index (χ0n) is 32.6. The molecule has 0 radical (unpaired) electrons. The van der Waals surface area contributed by atoms with Gasteiger partial charge in [0.15, 0.2) is 11.5 Å². The minimum atomic E-state index is -3.90. The normalized spacial score (nSPS) is 14.2. The maximum absolute atomic E-state index is 14.3. The van der Waals surface area contributed by atoms with E-state index in [9.17, 15) is 14.2 Å². The average Bonchev–Trinajstić information content (AvgIpc) is 3.50. The maximum atomic E-state index is 14.3. The Labute approximate surface area is 315 Å². The van der Waals surface area contributed by atoms with E-state index in [4.69, 9.17) is 24.5 Å². The summed E-state index contributed by atoms with van der Waals surface area (Å²) in [6.45, 7) is 11.2. The maximum Gasteiger partial charge on any atom is 0.342 e. The Hall–Kier alpha value is -3.80. The smallest absolute Gasteiger partial charge is 0.342 e. The lowest BCUT2D eigenvalue weighted by Gasteiger charge is -2.27. The summed E-state index contributed by atoms with van der Waals surface area (Å²) in [5, 5.41) is 2.81. The van der Waals surface area contributed by atoms with Gasteiger partial charge >= 0.3 is 19.5 Å². The Morgan fingerprint density at radius 3 is 2.30 bits per heavy atom. The summed E-state index contributed by atoms with van der Waals surface area (Å²) in [6.07, 6.45) is 21.0. The molecule has 1 unspecified atom stereocenters. The molecule has 1 aromatic carbocycles. The second-order valence-corrected chi connectivity index (χ2v) is 16.6. The quantitative estimate of drug-likeness (QED) is 0.0277. The standard InChI is InChI=1S/C39H61N6O7P/c1-7-8-9-10-11-12-13-14-15-16-17-18-19-20-24-34(46)50-32-22-21-23-33(25-32)52-53(48,44-31(3)38(47)51-39(4,5)6)29-49-30(2)26-45-28-43-35-36(40)41-27-42-37(35)45/h14-15,21-23,25,27-28,30-31H,7-13,16-20,24,26,29H2,1-6H3,(H,44,48)(H2,40,41,42)/b15-14-/t30-,31+,53?/m1/s1. The van der Waals surface area contributed by atoms with Crippen molar-refractivity contribution in [2.75, 3.05) is 12.1 Å². The molecule has 14 heteroatoms. The van der Waals surface area contributed by atoms with Gasteiger partial charge in [0, 0.05) is 12.5 Å². The van der Waals surface area contributed by atoms with Crippen molar-refractivity contribution in [1.82, 2.24) is 24.6 Å². The molecule has 0 bridgehead atoms. The highest BCUT2D eigenvalue weighted by molar-refractivity contribution is 7.57. The number of esters is 2. The summed E-state index contributed by atoms with van der Waals surface area (Å²) in [5.74, 6) is -0.245. The van der Waals surface area contributed by atoms with Crippen LogP contribution in [0, 0.1) is 0 Å². The van der Waals surface area contributed by atoms with E-state index < -0.39 is 31.2 Å². The fourth-order valence-electron chi connectivity index (χ4n) is 5.53. The number of benzene rings is 1. The summed E-state index contributed by atoms with van der Waals surface area (Å²) in [5.41, 5.74) is 6.18. The Kier molecular flexibility index (Phi) is 18.4. The SMILES string of the molecule is CCCCCCCC/C=C\CCCCCCC(=O)Oc1cccc(OP(=O)(CO[C@H](C)Cn2cnc3c(N)ncnc32)N[C@@H](C)C(=O)OC(C)(C)C)c1. The van der Waals surface area contributed by atoms with Crippen LogP contribution in [0.4, 0.5) is 5.82 Å². The summed E-state index contributed by atoms with van der Waals surface area (Å²) in [6, 6.07) is 5.37. The van der Waals surface area contributed by atoms with Gasteiger partial charge in [0.1, 0.15) is 41.3 Å². The van der Waals surface area contributed by atoms with Crippen molar-refractivity contribution in [3.05, 3.63) is 49.1 Å². The first-order chi connectivity index (χ1) is 25.3. The molecule has 0 amide bonds. The Morgan fingerprint density at radius 1 is 0.943 bits per heavy atom. The largest absolute Gasteiger partial charge is 0.459 e. The van der Waals surface area contributed by atoms with Gasteiger partial charge in [-0.25, -0.2) is 20.0 Å². The minimum absolute atomic E-state index is 0.177. The van der Waals surface area contributed by atoms with E-state index in [1.54, 1.807) is 63.7 Å². The van der Waals surface area contributed by atoms with E-state index >= 15 is 0 Å². The van der Waals surface area contributed by atoms with Crippen LogP contribution in [0.25, 0.3) is 11.2 Å². The number of nitrogens with zero attached hydrogens (tertiary/aromatic N) is 4. The highest BCUT2D eigenvalue weighted by Gasteiger charge is 2.33. The first kappa shape index (κ1) is 43.6. The average molecular weight is 757 g/mol. The molecule has 0 aliphatic carbocycles. The number of unbranched alkanes of at least 4 members (excludes halogenated alkanes) is 10. The molecule has 0 aliphatic heterocycles. The van der Waals surface area contributed by atoms with Gasteiger partial charge < -0.3 is 29.0 Å². The number of allylic oxidation sites excluding steroid dienone is 2. The molecule has 13 nitrogen and oxygen atoms in total. The van der Waals surface area contributed by atoms with Crippen molar-refractivity contribution < 1.29 is 32.9 Å². The fraction of sp³-hybridized carbons (Fsp3) is 0.615. The zero-order valence-corrected chi connectivity index (χ0v) is 33.4. The van der Waals surface area contributed by atoms with E-state index in [0.717, 1.165) is 38.5 Å². The van der Waals surface area contributed by atoms with Crippen molar-refractivity contribution in [1.29, 1.82) is 0 Å². The highest BCUT2D eigenvalue weighted by Crippen LogP contribution is 2.45. The van der Waals surface area contributed by atoms with Gasteiger partial charge in [0.05, 0.1) is 19.0 Å². The Bertz CT molecular complexity index is 1640. The number of rotatable bonds is 25. The number of nitrogen functional groups attached to an aromatic ring is 1. The van der Waals surface area contributed by atoms with Crippen LogP contribution in [0.2, 0.25) is 0 Å². The topological polar surface area (TPSA) is 170 Å². The Balaban J connectivity index is 1.51. The molecule has 0 spiro atoms. The van der Waals surface area contributed by atoms with E-state index in [1.807, 2.05) is 0 Å². The van der Waals surface area contributed by atoms with Gasteiger partial charge in [-0.2, -0.15) is 0 Å². The monoisotopic (exact) mass is 756 g/mol. The van der Waals surface area contributed by atoms with Gasteiger partial charge in [-0.15, -0.1) is 0 Å². The van der Waals surface area contributed by atoms with Crippen LogP contribution in [0.1, 0.15) is 125 Å². The molecule has 3 aromatic rings. The molecule has 0 aliphatic rings. The third-order valence-electron chi connectivity index (χ3n) is 8.25. The number of nitrogens with two attached hydrogens (primary N) is 1. The fourth-order valence-corrected chi connectivity index (χ4v) is 7.31. The molecule has 0 fully saturated rings. The number of hydrogen-bond donors (Lipinski definition) is 2. The summed E-state index contributed by atoms with van der Waals surface area (Å²) in [4.78, 5) is 38.0. The second-order valence-electron chi connectivity index (χ2n) is 14.5. The third kappa shape index (κ3) is 16.8. The van der Waals surface area contributed by atoms with Crippen LogP contribution in [0.15, 0.2) is 49.1 Å². The number of anilines is 1. The minimum Gasteiger partial charge on any atom is -0.459 e. The number of ether oxygens (including phenoxy) is 3. The first-order valence-electron chi connectivity index (χ1n) is 19.1. The molecule has 2 heterocycles. The van der Waals surface area contributed by atoms with Crippen molar-refractivity contribution in [2.24, 2.45) is 0 Å². The van der Waals surface area contributed by atoms with E-state index in [-0.39, 0.29) is 29.6 Å². The van der Waals surface area contributed by atoms with Gasteiger partial charge in [-0.05, 0) is 78.9 Å². The van der Waals surface area contributed by atoms with E-state index in [2.05, 4.69) is 39.1 Å². The molecule has 3 N–H and O–H groups in total. The summed E-state index contributed by atoms with van der Waals surface area (Å²) >= 11 is 0. The second kappa shape index (κ2) is 22.4. The van der Waals surface area contributed by atoms with Gasteiger partial charge in [0.25, 0.3) is 0 Å². The van der Waals surface area contributed by atoms with Crippen LogP contribution < -0.4 is 20.1 Å². The number of carbonyl (C=O) groups excluding carboxylic acids is 2. The lowest BCUT2D eigenvalue weighted by molar-refractivity contribution is -0.156. The van der Waals surface area contributed by atoms with Gasteiger partial charge in [-0.1, -0.05) is 70.1 Å². The van der Waals surface area contributed by atoms with Gasteiger partial charge in [0.2, 0.25) is 0 Å². The van der Waals surface area contributed by atoms with Crippen molar-refractivity contribution >= 4 is 36.4 Å². The lowest BCUT2D eigenvalue weighted by atomic mass is 10.1. The first-order valence-corrected chi connectivity index (χ1v) is 20.9.